The van der Waals surface area contributed by atoms with E-state index in [0.717, 1.165) is 11.1 Å². The number of hydrogen-bond donors (Lipinski definition) is 1. The maximum atomic E-state index is 13.0. The topological polar surface area (TPSA) is 66.5 Å². The van der Waals surface area contributed by atoms with Crippen molar-refractivity contribution in [2.24, 2.45) is 0 Å². The van der Waals surface area contributed by atoms with Crippen molar-refractivity contribution in [2.45, 2.75) is 26.3 Å². The summed E-state index contributed by atoms with van der Waals surface area (Å²) in [6.45, 7) is 2.14. The van der Waals surface area contributed by atoms with Crippen LogP contribution in [0.5, 0.6) is 0 Å². The zero-order chi connectivity index (χ0) is 19.7. The summed E-state index contributed by atoms with van der Waals surface area (Å²) in [6.07, 6.45) is 1.23. The fourth-order valence-electron chi connectivity index (χ4n) is 2.68. The lowest BCUT2D eigenvalue weighted by atomic mass is 10.1. The van der Waals surface area contributed by atoms with Crippen molar-refractivity contribution < 1.29 is 17.6 Å². The third-order valence-electron chi connectivity index (χ3n) is 4.16. The van der Waals surface area contributed by atoms with Crippen molar-refractivity contribution in [3.63, 3.8) is 0 Å². The second-order valence-corrected chi connectivity index (χ2v) is 8.30. The van der Waals surface area contributed by atoms with Gasteiger partial charge < -0.3 is 4.90 Å². The van der Waals surface area contributed by atoms with Crippen molar-refractivity contribution >= 4 is 15.9 Å². The van der Waals surface area contributed by atoms with Crippen LogP contribution >= 0.6 is 0 Å². The monoisotopic (exact) mass is 392 g/mol. The van der Waals surface area contributed by atoms with Crippen LogP contribution in [0.2, 0.25) is 0 Å². The van der Waals surface area contributed by atoms with Crippen LogP contribution in [0, 0.1) is 5.82 Å². The zero-order valence-corrected chi connectivity index (χ0v) is 16.2. The summed E-state index contributed by atoms with van der Waals surface area (Å²) in [5.41, 5.74) is 1.90. The maximum absolute atomic E-state index is 13.0. The summed E-state index contributed by atoms with van der Waals surface area (Å²) in [4.78, 5) is 13.3. The van der Waals surface area contributed by atoms with Gasteiger partial charge in [0.15, 0.2) is 0 Å². The molecule has 2 aromatic rings. The standard InChI is InChI=1S/C20H25FN2O3S/c1-17(24)23(16-19-9-11-20(21)12-10-19)14-13-22-27(25,26)15-5-8-18-6-3-2-4-7-18/h2-4,6-7,9-12,22H,5,8,13-16H2,1H3. The SMILES string of the molecule is CC(=O)N(CCNS(=O)(=O)CCCc1ccccc1)Cc1ccc(F)cc1. The van der Waals surface area contributed by atoms with Gasteiger partial charge in [0.25, 0.3) is 0 Å². The number of nitrogens with zero attached hydrogens (tertiary/aromatic N) is 1. The number of carbonyl (C=O) groups is 1. The molecule has 2 rings (SSSR count). The number of nitrogens with one attached hydrogen (secondary N) is 1. The van der Waals surface area contributed by atoms with E-state index in [2.05, 4.69) is 4.72 Å². The fraction of sp³-hybridized carbons (Fsp3) is 0.350. The van der Waals surface area contributed by atoms with Crippen LogP contribution in [0.4, 0.5) is 4.39 Å². The number of halogens is 1. The molecule has 0 radical (unpaired) electrons. The van der Waals surface area contributed by atoms with E-state index >= 15 is 0 Å². The third-order valence-corrected chi connectivity index (χ3v) is 5.63. The first-order valence-electron chi connectivity index (χ1n) is 8.87. The molecule has 0 bridgehead atoms. The number of sulfonamides is 1. The smallest absolute Gasteiger partial charge is 0.219 e. The van der Waals surface area contributed by atoms with Crippen LogP contribution < -0.4 is 4.72 Å². The second-order valence-electron chi connectivity index (χ2n) is 6.37. The molecule has 0 aliphatic heterocycles. The van der Waals surface area contributed by atoms with Gasteiger partial charge in [0.1, 0.15) is 5.82 Å². The number of carbonyl (C=O) groups excluding carboxylic acids is 1. The van der Waals surface area contributed by atoms with Crippen molar-refractivity contribution in [2.75, 3.05) is 18.8 Å². The van der Waals surface area contributed by atoms with Crippen molar-refractivity contribution in [3.05, 3.63) is 71.5 Å². The van der Waals surface area contributed by atoms with E-state index in [-0.39, 0.29) is 30.6 Å². The lowest BCUT2D eigenvalue weighted by Gasteiger charge is -2.21. The normalized spacial score (nSPS) is 11.3. The summed E-state index contributed by atoms with van der Waals surface area (Å²) in [6, 6.07) is 15.6. The molecule has 2 aromatic carbocycles. The molecule has 0 heterocycles. The molecule has 1 amide bonds. The molecule has 0 fully saturated rings. The Kier molecular flexibility index (Phi) is 7.94. The Labute approximate surface area is 160 Å². The van der Waals surface area contributed by atoms with E-state index in [0.29, 0.717) is 19.4 Å². The average molecular weight is 392 g/mol. The van der Waals surface area contributed by atoms with Crippen LogP contribution in [-0.2, 0) is 27.8 Å². The van der Waals surface area contributed by atoms with Gasteiger partial charge in [-0.3, -0.25) is 4.79 Å². The lowest BCUT2D eigenvalue weighted by Crippen LogP contribution is -2.37. The molecule has 7 heteroatoms. The molecule has 27 heavy (non-hydrogen) atoms. The molecule has 0 unspecified atom stereocenters. The highest BCUT2D eigenvalue weighted by Gasteiger charge is 2.13. The molecule has 0 aromatic heterocycles. The molecule has 1 N–H and O–H groups in total. The van der Waals surface area contributed by atoms with Crippen LogP contribution in [0.1, 0.15) is 24.5 Å². The quantitative estimate of drug-likeness (QED) is 0.676. The van der Waals surface area contributed by atoms with Gasteiger partial charge >= 0.3 is 0 Å². The highest BCUT2D eigenvalue weighted by molar-refractivity contribution is 7.89. The lowest BCUT2D eigenvalue weighted by molar-refractivity contribution is -0.129. The Morgan fingerprint density at radius 3 is 2.33 bits per heavy atom. The number of amides is 1. The first-order valence-corrected chi connectivity index (χ1v) is 10.5. The van der Waals surface area contributed by atoms with Crippen molar-refractivity contribution in [1.82, 2.24) is 9.62 Å². The van der Waals surface area contributed by atoms with Gasteiger partial charge in [-0.05, 0) is 36.1 Å². The first-order chi connectivity index (χ1) is 12.9. The average Bonchev–Trinajstić information content (AvgIpc) is 2.63. The Morgan fingerprint density at radius 1 is 1.04 bits per heavy atom. The van der Waals surface area contributed by atoms with Crippen LogP contribution in [0.25, 0.3) is 0 Å². The maximum Gasteiger partial charge on any atom is 0.219 e. The summed E-state index contributed by atoms with van der Waals surface area (Å²) >= 11 is 0. The molecule has 0 saturated carbocycles. The molecule has 5 nitrogen and oxygen atoms in total. The predicted octanol–water partition coefficient (Wildman–Crippen LogP) is 2.73. The van der Waals surface area contributed by atoms with Gasteiger partial charge in [-0.2, -0.15) is 0 Å². The van der Waals surface area contributed by atoms with E-state index in [1.807, 2.05) is 30.3 Å². The van der Waals surface area contributed by atoms with E-state index in [1.54, 1.807) is 12.1 Å². The Bertz CT molecular complexity index is 824. The van der Waals surface area contributed by atoms with Gasteiger partial charge in [-0.25, -0.2) is 17.5 Å². The first kappa shape index (κ1) is 21.1. The van der Waals surface area contributed by atoms with Gasteiger partial charge in [-0.1, -0.05) is 42.5 Å². The van der Waals surface area contributed by atoms with Crippen molar-refractivity contribution in [1.29, 1.82) is 0 Å². The van der Waals surface area contributed by atoms with E-state index in [1.165, 1.54) is 24.0 Å². The second kappa shape index (κ2) is 10.2. The predicted molar refractivity (Wildman–Crippen MR) is 104 cm³/mol. The molecule has 0 saturated heterocycles. The minimum absolute atomic E-state index is 0.0416. The molecule has 0 aliphatic rings. The number of hydrogen-bond acceptors (Lipinski definition) is 3. The minimum atomic E-state index is -3.39. The van der Waals surface area contributed by atoms with Crippen LogP contribution in [0.15, 0.2) is 54.6 Å². The van der Waals surface area contributed by atoms with Crippen molar-refractivity contribution in [3.8, 4) is 0 Å². The van der Waals surface area contributed by atoms with E-state index in [9.17, 15) is 17.6 Å². The minimum Gasteiger partial charge on any atom is -0.337 e. The van der Waals surface area contributed by atoms with Crippen LogP contribution in [-0.4, -0.2) is 38.1 Å². The summed E-state index contributed by atoms with van der Waals surface area (Å²) in [5, 5.41) is 0. The fourth-order valence-corrected chi connectivity index (χ4v) is 3.75. The van der Waals surface area contributed by atoms with Gasteiger partial charge in [-0.15, -0.1) is 0 Å². The highest BCUT2D eigenvalue weighted by Crippen LogP contribution is 2.07. The molecule has 0 spiro atoms. The largest absolute Gasteiger partial charge is 0.337 e. The summed E-state index contributed by atoms with van der Waals surface area (Å²) < 4.78 is 39.7. The van der Waals surface area contributed by atoms with Gasteiger partial charge in [0.05, 0.1) is 5.75 Å². The summed E-state index contributed by atoms with van der Waals surface area (Å²) in [5.74, 6) is -0.459. The van der Waals surface area contributed by atoms with E-state index < -0.39 is 10.0 Å². The zero-order valence-electron chi connectivity index (χ0n) is 15.4. The van der Waals surface area contributed by atoms with Gasteiger partial charge in [0, 0.05) is 26.6 Å². The number of benzene rings is 2. The molecular weight excluding hydrogens is 367 g/mol. The highest BCUT2D eigenvalue weighted by atomic mass is 32.2. The summed E-state index contributed by atoms with van der Waals surface area (Å²) in [7, 11) is -3.39. The Balaban J connectivity index is 1.77. The Hall–Kier alpha value is -2.25. The van der Waals surface area contributed by atoms with Gasteiger partial charge in [0.2, 0.25) is 15.9 Å². The third kappa shape index (κ3) is 7.88. The number of rotatable bonds is 10. The molecule has 146 valence electrons. The Morgan fingerprint density at radius 2 is 1.70 bits per heavy atom. The van der Waals surface area contributed by atoms with E-state index in [4.69, 9.17) is 0 Å². The molecular formula is C20H25FN2O3S. The molecule has 0 atom stereocenters. The molecule has 0 aliphatic carbocycles. The van der Waals surface area contributed by atoms with Crippen LogP contribution in [0.3, 0.4) is 0 Å². The number of aryl methyl sites for hydroxylation is 1.